The minimum atomic E-state index is -4.45. The van der Waals surface area contributed by atoms with Crippen molar-refractivity contribution in [3.05, 3.63) is 54.0 Å². The molecule has 0 radical (unpaired) electrons. The van der Waals surface area contributed by atoms with Crippen LogP contribution in [-0.2, 0) is 6.18 Å². The van der Waals surface area contributed by atoms with Gasteiger partial charge in [0.15, 0.2) is 11.6 Å². The molecule has 0 amide bonds. The molecule has 0 bridgehead atoms. The SMILES string of the molecule is Fc1ccccc1Oc1ccc(C(F)(F)F)cn1. The number of pyridine rings is 1. The van der Waals surface area contributed by atoms with Crippen LogP contribution in [0.4, 0.5) is 17.6 Å². The lowest BCUT2D eigenvalue weighted by atomic mass is 10.3. The minimum absolute atomic E-state index is 0.0928. The van der Waals surface area contributed by atoms with Gasteiger partial charge in [-0.15, -0.1) is 0 Å². The number of benzene rings is 1. The zero-order valence-electron chi connectivity index (χ0n) is 8.91. The first kappa shape index (κ1) is 12.3. The Kier molecular flexibility index (Phi) is 3.18. The number of nitrogens with zero attached hydrogens (tertiary/aromatic N) is 1. The van der Waals surface area contributed by atoms with Crippen LogP contribution in [0.2, 0.25) is 0 Å². The van der Waals surface area contributed by atoms with Crippen LogP contribution >= 0.6 is 0 Å². The summed E-state index contributed by atoms with van der Waals surface area (Å²) < 4.78 is 55.0. The lowest BCUT2D eigenvalue weighted by Crippen LogP contribution is -2.05. The molecule has 6 heteroatoms. The topological polar surface area (TPSA) is 22.1 Å². The Morgan fingerprint density at radius 2 is 1.72 bits per heavy atom. The lowest BCUT2D eigenvalue weighted by Gasteiger charge is -2.08. The van der Waals surface area contributed by atoms with Gasteiger partial charge in [0.2, 0.25) is 5.88 Å². The number of rotatable bonds is 2. The molecule has 0 unspecified atom stereocenters. The van der Waals surface area contributed by atoms with E-state index in [-0.39, 0.29) is 11.6 Å². The molecule has 18 heavy (non-hydrogen) atoms. The quantitative estimate of drug-likeness (QED) is 0.758. The molecule has 0 aliphatic heterocycles. The van der Waals surface area contributed by atoms with Gasteiger partial charge in [-0.2, -0.15) is 13.2 Å². The van der Waals surface area contributed by atoms with Gasteiger partial charge in [-0.1, -0.05) is 12.1 Å². The maximum absolute atomic E-state index is 13.2. The number of para-hydroxylation sites is 1. The average molecular weight is 257 g/mol. The Morgan fingerprint density at radius 3 is 2.28 bits per heavy atom. The van der Waals surface area contributed by atoms with Crippen LogP contribution in [0, 0.1) is 5.82 Å². The maximum atomic E-state index is 13.2. The van der Waals surface area contributed by atoms with Crippen LogP contribution < -0.4 is 4.74 Å². The molecule has 0 N–H and O–H groups in total. The van der Waals surface area contributed by atoms with E-state index in [2.05, 4.69) is 4.98 Å². The number of aromatic nitrogens is 1. The van der Waals surface area contributed by atoms with Gasteiger partial charge in [-0.3, -0.25) is 0 Å². The molecule has 1 heterocycles. The zero-order valence-corrected chi connectivity index (χ0v) is 8.91. The molecule has 1 aromatic heterocycles. The Labute approximate surface area is 99.8 Å². The van der Waals surface area contributed by atoms with Crippen molar-refractivity contribution in [1.82, 2.24) is 4.98 Å². The Morgan fingerprint density at radius 1 is 1.00 bits per heavy atom. The molecule has 2 nitrogen and oxygen atoms in total. The molecular formula is C12H7F4NO. The van der Waals surface area contributed by atoms with Crippen LogP contribution in [0.15, 0.2) is 42.6 Å². The first-order chi connectivity index (χ1) is 8.47. The van der Waals surface area contributed by atoms with Gasteiger partial charge >= 0.3 is 6.18 Å². The second kappa shape index (κ2) is 4.64. The van der Waals surface area contributed by atoms with E-state index in [9.17, 15) is 17.6 Å². The third kappa shape index (κ3) is 2.77. The predicted octanol–water partition coefficient (Wildman–Crippen LogP) is 4.03. The monoisotopic (exact) mass is 257 g/mol. The van der Waals surface area contributed by atoms with Crippen LogP contribution in [0.5, 0.6) is 11.6 Å². The standard InChI is InChI=1S/C12H7F4NO/c13-9-3-1-2-4-10(9)18-11-6-5-8(7-17-11)12(14,15)16/h1-7H. The van der Waals surface area contributed by atoms with Crippen molar-refractivity contribution in [3.8, 4) is 11.6 Å². The molecule has 1 aromatic carbocycles. The van der Waals surface area contributed by atoms with Gasteiger partial charge in [-0.25, -0.2) is 9.37 Å². The van der Waals surface area contributed by atoms with Crippen molar-refractivity contribution in [3.63, 3.8) is 0 Å². The molecule has 0 saturated heterocycles. The highest BCUT2D eigenvalue weighted by Crippen LogP contribution is 2.30. The fourth-order valence-corrected chi connectivity index (χ4v) is 1.25. The third-order valence-corrected chi connectivity index (χ3v) is 2.11. The largest absolute Gasteiger partial charge is 0.436 e. The summed E-state index contributed by atoms with van der Waals surface area (Å²) >= 11 is 0. The molecule has 0 aliphatic rings. The van der Waals surface area contributed by atoms with Crippen molar-refractivity contribution >= 4 is 0 Å². The van der Waals surface area contributed by atoms with Gasteiger partial charge in [-0.05, 0) is 18.2 Å². The molecular weight excluding hydrogens is 250 g/mol. The molecule has 2 aromatic rings. The van der Waals surface area contributed by atoms with E-state index in [1.165, 1.54) is 18.2 Å². The van der Waals surface area contributed by atoms with E-state index < -0.39 is 17.6 Å². The maximum Gasteiger partial charge on any atom is 0.417 e. The zero-order chi connectivity index (χ0) is 13.2. The summed E-state index contributed by atoms with van der Waals surface area (Å²) in [5, 5.41) is 0. The average Bonchev–Trinajstić information content (AvgIpc) is 2.32. The predicted molar refractivity (Wildman–Crippen MR) is 55.7 cm³/mol. The Hall–Kier alpha value is -2.11. The minimum Gasteiger partial charge on any atom is -0.436 e. The molecule has 94 valence electrons. The van der Waals surface area contributed by atoms with E-state index in [1.807, 2.05) is 0 Å². The highest BCUT2D eigenvalue weighted by atomic mass is 19.4. The highest BCUT2D eigenvalue weighted by Gasteiger charge is 2.30. The number of alkyl halides is 3. The summed E-state index contributed by atoms with van der Waals surface area (Å²) in [4.78, 5) is 3.47. The summed E-state index contributed by atoms with van der Waals surface area (Å²) in [6.45, 7) is 0. The van der Waals surface area contributed by atoms with Gasteiger partial charge in [0.05, 0.1) is 5.56 Å². The second-order valence-electron chi connectivity index (χ2n) is 3.42. The number of ether oxygens (including phenoxy) is 1. The van der Waals surface area contributed by atoms with Crippen LogP contribution in [0.1, 0.15) is 5.56 Å². The summed E-state index contributed by atoms with van der Waals surface area (Å²) in [7, 11) is 0. The van der Waals surface area contributed by atoms with Crippen LogP contribution in [0.25, 0.3) is 0 Å². The van der Waals surface area contributed by atoms with Crippen molar-refractivity contribution in [2.24, 2.45) is 0 Å². The Bertz CT molecular complexity index is 537. The first-order valence-corrected chi connectivity index (χ1v) is 4.92. The summed E-state index contributed by atoms with van der Waals surface area (Å²) in [5.41, 5.74) is -0.886. The van der Waals surface area contributed by atoms with E-state index in [0.29, 0.717) is 6.20 Å². The van der Waals surface area contributed by atoms with Crippen molar-refractivity contribution < 1.29 is 22.3 Å². The summed E-state index contributed by atoms with van der Waals surface area (Å²) in [6, 6.07) is 7.41. The number of hydrogen-bond acceptors (Lipinski definition) is 2. The molecule has 0 saturated carbocycles. The van der Waals surface area contributed by atoms with E-state index >= 15 is 0 Å². The first-order valence-electron chi connectivity index (χ1n) is 4.92. The fraction of sp³-hybridized carbons (Fsp3) is 0.0833. The molecule has 2 rings (SSSR count). The van der Waals surface area contributed by atoms with Crippen molar-refractivity contribution in [2.45, 2.75) is 6.18 Å². The number of hydrogen-bond donors (Lipinski definition) is 0. The molecule has 0 spiro atoms. The Balaban J connectivity index is 2.19. The van der Waals surface area contributed by atoms with Crippen LogP contribution in [-0.4, -0.2) is 4.98 Å². The lowest BCUT2D eigenvalue weighted by molar-refractivity contribution is -0.137. The van der Waals surface area contributed by atoms with Crippen LogP contribution in [0.3, 0.4) is 0 Å². The normalized spacial score (nSPS) is 11.3. The fourth-order valence-electron chi connectivity index (χ4n) is 1.25. The summed E-state index contributed by atoms with van der Waals surface area (Å²) in [6.07, 6.45) is -3.82. The smallest absolute Gasteiger partial charge is 0.417 e. The summed E-state index contributed by atoms with van der Waals surface area (Å²) in [5.74, 6) is -0.808. The second-order valence-corrected chi connectivity index (χ2v) is 3.42. The van der Waals surface area contributed by atoms with Gasteiger partial charge in [0.25, 0.3) is 0 Å². The van der Waals surface area contributed by atoms with Gasteiger partial charge in [0, 0.05) is 12.3 Å². The van der Waals surface area contributed by atoms with Crippen molar-refractivity contribution in [1.29, 1.82) is 0 Å². The van der Waals surface area contributed by atoms with E-state index in [1.54, 1.807) is 6.07 Å². The van der Waals surface area contributed by atoms with E-state index in [0.717, 1.165) is 12.1 Å². The van der Waals surface area contributed by atoms with Gasteiger partial charge in [0.1, 0.15) is 0 Å². The molecule has 0 aliphatic carbocycles. The van der Waals surface area contributed by atoms with Crippen molar-refractivity contribution in [2.75, 3.05) is 0 Å². The molecule has 0 atom stereocenters. The number of halogens is 4. The highest BCUT2D eigenvalue weighted by molar-refractivity contribution is 5.29. The third-order valence-electron chi connectivity index (χ3n) is 2.11. The van der Waals surface area contributed by atoms with Gasteiger partial charge < -0.3 is 4.74 Å². The van der Waals surface area contributed by atoms with E-state index in [4.69, 9.17) is 4.74 Å². The molecule has 0 fully saturated rings.